The molecular formula is C20H26N4O4. The first-order chi connectivity index (χ1) is 13.3. The SMILES string of the molecule is CCNC(=O)N(C)C(=O)c1c(C)nc(/C=C/c2ccc(OC)c(OC)c2)n1C. The van der Waals surface area contributed by atoms with Crippen LogP contribution in [0.15, 0.2) is 18.2 Å². The molecule has 150 valence electrons. The molecule has 3 amide bonds. The molecule has 1 heterocycles. The summed E-state index contributed by atoms with van der Waals surface area (Å²) in [6.45, 7) is 3.98. The second-order valence-electron chi connectivity index (χ2n) is 6.11. The highest BCUT2D eigenvalue weighted by Crippen LogP contribution is 2.28. The summed E-state index contributed by atoms with van der Waals surface area (Å²) < 4.78 is 12.2. The van der Waals surface area contributed by atoms with Crippen molar-refractivity contribution in [3.8, 4) is 11.5 Å². The van der Waals surface area contributed by atoms with Gasteiger partial charge >= 0.3 is 6.03 Å². The third-order valence-corrected chi connectivity index (χ3v) is 4.28. The Labute approximate surface area is 164 Å². The Hall–Kier alpha value is -3.29. The van der Waals surface area contributed by atoms with Crippen LogP contribution in [0.25, 0.3) is 12.2 Å². The second-order valence-corrected chi connectivity index (χ2v) is 6.11. The molecule has 1 aromatic heterocycles. The molecule has 0 aliphatic heterocycles. The average Bonchev–Trinajstić information content (AvgIpc) is 2.98. The Morgan fingerprint density at radius 1 is 1.21 bits per heavy atom. The van der Waals surface area contributed by atoms with Gasteiger partial charge in [0.25, 0.3) is 5.91 Å². The number of benzene rings is 1. The molecule has 2 rings (SSSR count). The molecular weight excluding hydrogens is 360 g/mol. The molecule has 0 saturated heterocycles. The highest BCUT2D eigenvalue weighted by molar-refractivity contribution is 6.03. The minimum Gasteiger partial charge on any atom is -0.493 e. The number of aryl methyl sites for hydroxylation is 1. The van der Waals surface area contributed by atoms with Gasteiger partial charge in [-0.2, -0.15) is 0 Å². The molecule has 0 aliphatic rings. The topological polar surface area (TPSA) is 85.7 Å². The predicted octanol–water partition coefficient (Wildman–Crippen LogP) is 2.72. The maximum atomic E-state index is 12.7. The van der Waals surface area contributed by atoms with Crippen LogP contribution in [-0.4, -0.2) is 54.2 Å². The van der Waals surface area contributed by atoms with Crippen LogP contribution in [0.5, 0.6) is 11.5 Å². The summed E-state index contributed by atoms with van der Waals surface area (Å²) in [7, 11) is 6.35. The van der Waals surface area contributed by atoms with E-state index in [4.69, 9.17) is 9.47 Å². The van der Waals surface area contributed by atoms with Gasteiger partial charge in [-0.15, -0.1) is 0 Å². The first kappa shape index (κ1) is 21.0. The molecule has 1 N–H and O–H groups in total. The summed E-state index contributed by atoms with van der Waals surface area (Å²) in [4.78, 5) is 30.1. The Bertz CT molecular complexity index is 902. The maximum Gasteiger partial charge on any atom is 0.324 e. The number of hydrogen-bond acceptors (Lipinski definition) is 5. The number of nitrogens with zero attached hydrogens (tertiary/aromatic N) is 3. The number of carbonyl (C=O) groups excluding carboxylic acids is 2. The zero-order valence-corrected chi connectivity index (χ0v) is 17.1. The normalized spacial score (nSPS) is 10.8. The Morgan fingerprint density at radius 3 is 2.50 bits per heavy atom. The molecule has 0 aliphatic carbocycles. The lowest BCUT2D eigenvalue weighted by molar-refractivity contribution is 0.0822. The third-order valence-electron chi connectivity index (χ3n) is 4.28. The van der Waals surface area contributed by atoms with Crippen molar-refractivity contribution in [3.05, 3.63) is 41.0 Å². The minimum absolute atomic E-state index is 0.362. The van der Waals surface area contributed by atoms with E-state index < -0.39 is 11.9 Å². The van der Waals surface area contributed by atoms with E-state index in [0.717, 1.165) is 10.5 Å². The number of aromatic nitrogens is 2. The van der Waals surface area contributed by atoms with Crippen LogP contribution in [0.1, 0.15) is 34.5 Å². The van der Waals surface area contributed by atoms with Crippen LogP contribution in [0.3, 0.4) is 0 Å². The average molecular weight is 386 g/mol. The Kier molecular flexibility index (Phi) is 6.81. The van der Waals surface area contributed by atoms with Crippen molar-refractivity contribution in [2.75, 3.05) is 27.8 Å². The van der Waals surface area contributed by atoms with Gasteiger partial charge in [0.05, 0.1) is 19.9 Å². The van der Waals surface area contributed by atoms with Gasteiger partial charge in [0, 0.05) is 20.6 Å². The van der Waals surface area contributed by atoms with Crippen LogP contribution in [0.2, 0.25) is 0 Å². The molecule has 0 unspecified atom stereocenters. The molecule has 0 spiro atoms. The smallest absolute Gasteiger partial charge is 0.324 e. The maximum absolute atomic E-state index is 12.7. The van der Waals surface area contributed by atoms with Gasteiger partial charge < -0.3 is 19.4 Å². The zero-order chi connectivity index (χ0) is 20.8. The van der Waals surface area contributed by atoms with Crippen LogP contribution >= 0.6 is 0 Å². The van der Waals surface area contributed by atoms with Crippen LogP contribution in [0, 0.1) is 6.92 Å². The lowest BCUT2D eigenvalue weighted by Crippen LogP contribution is -2.41. The number of rotatable bonds is 6. The van der Waals surface area contributed by atoms with Crippen molar-refractivity contribution in [1.82, 2.24) is 19.8 Å². The summed E-state index contributed by atoms with van der Waals surface area (Å²) in [5, 5.41) is 2.61. The predicted molar refractivity (Wildman–Crippen MR) is 108 cm³/mol. The number of imidazole rings is 1. The number of ether oxygens (including phenoxy) is 2. The summed E-state index contributed by atoms with van der Waals surface area (Å²) in [5.41, 5.74) is 1.81. The van der Waals surface area contributed by atoms with Crippen molar-refractivity contribution < 1.29 is 19.1 Å². The zero-order valence-electron chi connectivity index (χ0n) is 17.1. The highest BCUT2D eigenvalue weighted by atomic mass is 16.5. The van der Waals surface area contributed by atoms with Gasteiger partial charge in [0.15, 0.2) is 11.5 Å². The molecule has 1 aromatic carbocycles. The minimum atomic E-state index is -0.449. The lowest BCUT2D eigenvalue weighted by atomic mass is 10.2. The monoisotopic (exact) mass is 386 g/mol. The molecule has 0 bridgehead atoms. The molecule has 28 heavy (non-hydrogen) atoms. The van der Waals surface area contributed by atoms with Gasteiger partial charge in [0.2, 0.25) is 0 Å². The van der Waals surface area contributed by atoms with Gasteiger partial charge in [-0.1, -0.05) is 12.1 Å². The first-order valence-corrected chi connectivity index (χ1v) is 8.83. The van der Waals surface area contributed by atoms with Crippen LogP contribution in [-0.2, 0) is 7.05 Å². The van der Waals surface area contributed by atoms with Crippen molar-refractivity contribution >= 4 is 24.1 Å². The fourth-order valence-electron chi connectivity index (χ4n) is 2.75. The number of hydrogen-bond donors (Lipinski definition) is 1. The summed E-state index contributed by atoms with van der Waals surface area (Å²) in [5.74, 6) is 1.46. The van der Waals surface area contributed by atoms with E-state index >= 15 is 0 Å². The van der Waals surface area contributed by atoms with Crippen LogP contribution < -0.4 is 14.8 Å². The van der Waals surface area contributed by atoms with E-state index in [1.54, 1.807) is 45.8 Å². The number of amides is 3. The standard InChI is InChI=1S/C20H26N4O4/c1-7-21-20(26)24(4)19(25)18-13(2)22-17(23(18)3)11-9-14-8-10-15(27-5)16(12-14)28-6/h8-12H,7H2,1-6H3,(H,21,26)/b11-9+. The second kappa shape index (κ2) is 9.07. The number of nitrogens with one attached hydrogen (secondary N) is 1. The fraction of sp³-hybridized carbons (Fsp3) is 0.350. The number of imide groups is 1. The van der Waals surface area contributed by atoms with Gasteiger partial charge in [-0.05, 0) is 37.6 Å². The number of urea groups is 1. The quantitative estimate of drug-likeness (QED) is 0.825. The summed E-state index contributed by atoms with van der Waals surface area (Å²) >= 11 is 0. The van der Waals surface area contributed by atoms with E-state index in [2.05, 4.69) is 10.3 Å². The Balaban J connectivity index is 2.29. The van der Waals surface area contributed by atoms with Crippen molar-refractivity contribution in [1.29, 1.82) is 0 Å². The fourth-order valence-corrected chi connectivity index (χ4v) is 2.75. The van der Waals surface area contributed by atoms with E-state index in [0.29, 0.717) is 35.3 Å². The molecule has 0 fully saturated rings. The third kappa shape index (κ3) is 4.33. The number of methoxy groups -OCH3 is 2. The van der Waals surface area contributed by atoms with Gasteiger partial charge in [0.1, 0.15) is 11.5 Å². The van der Waals surface area contributed by atoms with E-state index in [-0.39, 0.29) is 0 Å². The molecule has 8 nitrogen and oxygen atoms in total. The molecule has 0 atom stereocenters. The highest BCUT2D eigenvalue weighted by Gasteiger charge is 2.24. The van der Waals surface area contributed by atoms with Gasteiger partial charge in [-0.3, -0.25) is 9.69 Å². The van der Waals surface area contributed by atoms with E-state index in [1.165, 1.54) is 7.05 Å². The summed E-state index contributed by atoms with van der Waals surface area (Å²) in [6, 6.07) is 5.11. The van der Waals surface area contributed by atoms with Crippen molar-refractivity contribution in [2.24, 2.45) is 7.05 Å². The lowest BCUT2D eigenvalue weighted by Gasteiger charge is -2.16. The molecule has 8 heteroatoms. The molecule has 2 aromatic rings. The van der Waals surface area contributed by atoms with E-state index in [1.807, 2.05) is 24.3 Å². The molecule has 0 radical (unpaired) electrons. The van der Waals surface area contributed by atoms with Crippen molar-refractivity contribution in [2.45, 2.75) is 13.8 Å². The first-order valence-electron chi connectivity index (χ1n) is 8.83. The van der Waals surface area contributed by atoms with E-state index in [9.17, 15) is 9.59 Å². The number of carbonyl (C=O) groups is 2. The largest absolute Gasteiger partial charge is 0.493 e. The van der Waals surface area contributed by atoms with Crippen molar-refractivity contribution in [3.63, 3.8) is 0 Å². The van der Waals surface area contributed by atoms with Crippen LogP contribution in [0.4, 0.5) is 4.79 Å². The summed E-state index contributed by atoms with van der Waals surface area (Å²) in [6.07, 6.45) is 3.67. The Morgan fingerprint density at radius 2 is 1.89 bits per heavy atom. The molecule has 0 saturated carbocycles. The van der Waals surface area contributed by atoms with Gasteiger partial charge in [-0.25, -0.2) is 9.78 Å².